The molecule has 0 bridgehead atoms. The van der Waals surface area contributed by atoms with Crippen LogP contribution in [0.5, 0.6) is 5.75 Å². The number of nitrogens with one attached hydrogen (secondary N) is 2. The van der Waals surface area contributed by atoms with Gasteiger partial charge in [-0.2, -0.15) is 0 Å². The third kappa shape index (κ3) is 4.14. The van der Waals surface area contributed by atoms with Gasteiger partial charge in [0.1, 0.15) is 11.0 Å². The smallest absolute Gasteiger partial charge is 0.240 e. The van der Waals surface area contributed by atoms with Crippen molar-refractivity contribution in [2.45, 2.75) is 43.6 Å². The predicted octanol–water partition coefficient (Wildman–Crippen LogP) is 3.95. The predicted molar refractivity (Wildman–Crippen MR) is 119 cm³/mol. The lowest BCUT2D eigenvalue weighted by atomic mass is 10.0. The van der Waals surface area contributed by atoms with E-state index in [0.29, 0.717) is 11.8 Å². The van der Waals surface area contributed by atoms with Gasteiger partial charge < -0.3 is 15.5 Å². The summed E-state index contributed by atoms with van der Waals surface area (Å²) in [4.78, 5) is 13.3. The summed E-state index contributed by atoms with van der Waals surface area (Å²) in [6, 6.07) is 15.4. The van der Waals surface area contributed by atoms with Gasteiger partial charge in [-0.3, -0.25) is 4.79 Å². The molecule has 0 radical (unpaired) electrons. The quantitative estimate of drug-likeness (QED) is 0.625. The summed E-state index contributed by atoms with van der Waals surface area (Å²) in [5.74, 6) is 1.54. The average Bonchev–Trinajstić information content (AvgIpc) is 3.17. The Morgan fingerprint density at radius 3 is 2.53 bits per heavy atom. The molecule has 0 saturated heterocycles. The van der Waals surface area contributed by atoms with Crippen LogP contribution < -0.4 is 15.5 Å². The van der Waals surface area contributed by atoms with Crippen LogP contribution in [0.1, 0.15) is 36.8 Å². The van der Waals surface area contributed by atoms with E-state index >= 15 is 0 Å². The second kappa shape index (κ2) is 8.79. The van der Waals surface area contributed by atoms with E-state index < -0.39 is 5.25 Å². The molecule has 0 saturated carbocycles. The number of thioether (sulfide) groups is 1. The van der Waals surface area contributed by atoms with Crippen LogP contribution in [-0.2, 0) is 11.2 Å². The van der Waals surface area contributed by atoms with Crippen molar-refractivity contribution >= 4 is 23.4 Å². The second-order valence-corrected chi connectivity index (χ2v) is 8.20. The first-order chi connectivity index (χ1) is 14.6. The van der Waals surface area contributed by atoms with E-state index in [-0.39, 0.29) is 11.9 Å². The summed E-state index contributed by atoms with van der Waals surface area (Å²) in [6.45, 7) is 6.64. The Morgan fingerprint density at radius 2 is 1.87 bits per heavy atom. The number of fused-ring (bicyclic) bond motifs is 1. The number of carbonyl (C=O) groups is 1. The molecule has 30 heavy (non-hydrogen) atoms. The lowest BCUT2D eigenvalue weighted by molar-refractivity contribution is -0.116. The number of hydrogen-bond donors (Lipinski definition) is 2. The molecular weight excluding hydrogens is 398 g/mol. The van der Waals surface area contributed by atoms with Gasteiger partial charge in [0.25, 0.3) is 0 Å². The largest absolute Gasteiger partial charge is 0.494 e. The summed E-state index contributed by atoms with van der Waals surface area (Å²) in [5.41, 5.74) is 6.42. The molecule has 7 nitrogen and oxygen atoms in total. The standard InChI is InChI=1S/C22H25N5O2S/c1-4-18-24-25-22-27(18)26-19(15-8-6-14(3)7-9-15)20(30-22)21(28)23-16-10-12-17(13-11-16)29-5-2/h6-13,19-20,26H,4-5H2,1-3H3,(H,23,28). The van der Waals surface area contributed by atoms with E-state index in [0.717, 1.165) is 29.2 Å². The molecule has 0 spiro atoms. The summed E-state index contributed by atoms with van der Waals surface area (Å²) in [6.07, 6.45) is 0.754. The topological polar surface area (TPSA) is 81.1 Å². The van der Waals surface area contributed by atoms with Crippen LogP contribution >= 0.6 is 11.8 Å². The van der Waals surface area contributed by atoms with Gasteiger partial charge in [0.05, 0.1) is 12.6 Å². The van der Waals surface area contributed by atoms with E-state index in [1.54, 1.807) is 0 Å². The second-order valence-electron chi connectivity index (χ2n) is 7.09. The summed E-state index contributed by atoms with van der Waals surface area (Å²) in [7, 11) is 0. The van der Waals surface area contributed by atoms with Gasteiger partial charge in [0.15, 0.2) is 5.82 Å². The third-order valence-electron chi connectivity index (χ3n) is 4.95. The molecule has 1 amide bonds. The maximum absolute atomic E-state index is 13.3. The number of rotatable bonds is 6. The first-order valence-corrected chi connectivity index (χ1v) is 10.9. The number of nitrogens with zero attached hydrogens (tertiary/aromatic N) is 3. The van der Waals surface area contributed by atoms with Crippen molar-refractivity contribution < 1.29 is 9.53 Å². The van der Waals surface area contributed by atoms with E-state index in [9.17, 15) is 4.79 Å². The molecule has 0 fully saturated rings. The molecule has 2 N–H and O–H groups in total. The van der Waals surface area contributed by atoms with Gasteiger partial charge in [-0.25, -0.2) is 4.68 Å². The molecule has 2 atom stereocenters. The fraction of sp³-hybridized carbons (Fsp3) is 0.318. The van der Waals surface area contributed by atoms with Crippen LogP contribution in [0, 0.1) is 6.92 Å². The number of aryl methyl sites for hydroxylation is 2. The van der Waals surface area contributed by atoms with Crippen molar-refractivity contribution in [3.63, 3.8) is 0 Å². The van der Waals surface area contributed by atoms with Crippen molar-refractivity contribution in [3.8, 4) is 5.75 Å². The Kier molecular flexibility index (Phi) is 5.94. The zero-order chi connectivity index (χ0) is 21.1. The molecule has 3 aromatic rings. The van der Waals surface area contributed by atoms with Gasteiger partial charge in [-0.15, -0.1) is 10.2 Å². The molecule has 8 heteroatoms. The van der Waals surface area contributed by atoms with Crippen LogP contribution in [0.3, 0.4) is 0 Å². The van der Waals surface area contributed by atoms with Crippen molar-refractivity contribution in [1.82, 2.24) is 14.9 Å². The maximum Gasteiger partial charge on any atom is 0.240 e. The maximum atomic E-state index is 13.3. The van der Waals surface area contributed by atoms with Gasteiger partial charge in [0.2, 0.25) is 11.1 Å². The SMILES string of the molecule is CCOc1ccc(NC(=O)C2Sc3nnc(CC)n3NC2c2ccc(C)cc2)cc1. The molecule has 2 unspecified atom stereocenters. The van der Waals surface area contributed by atoms with Gasteiger partial charge >= 0.3 is 0 Å². The highest BCUT2D eigenvalue weighted by molar-refractivity contribution is 8.00. The molecular formula is C22H25N5O2S. The van der Waals surface area contributed by atoms with E-state index in [4.69, 9.17) is 4.74 Å². The fourth-order valence-electron chi connectivity index (χ4n) is 3.37. The highest BCUT2D eigenvalue weighted by atomic mass is 32.2. The molecule has 1 aliphatic heterocycles. The zero-order valence-corrected chi connectivity index (χ0v) is 18.1. The normalized spacial score (nSPS) is 17.7. The summed E-state index contributed by atoms with van der Waals surface area (Å²) < 4.78 is 7.37. The number of benzene rings is 2. The van der Waals surface area contributed by atoms with E-state index in [1.807, 2.05) is 42.8 Å². The first-order valence-electron chi connectivity index (χ1n) is 10.1. The van der Waals surface area contributed by atoms with Crippen LogP contribution in [0.4, 0.5) is 5.69 Å². The van der Waals surface area contributed by atoms with Crippen molar-refractivity contribution in [1.29, 1.82) is 0 Å². The van der Waals surface area contributed by atoms with Crippen molar-refractivity contribution in [2.24, 2.45) is 0 Å². The fourth-order valence-corrected chi connectivity index (χ4v) is 4.46. The lowest BCUT2D eigenvalue weighted by Gasteiger charge is -2.33. The number of aromatic nitrogens is 3. The van der Waals surface area contributed by atoms with Crippen LogP contribution in [0.25, 0.3) is 0 Å². The van der Waals surface area contributed by atoms with E-state index in [2.05, 4.69) is 52.1 Å². The van der Waals surface area contributed by atoms with Gasteiger partial charge in [-0.1, -0.05) is 48.5 Å². The van der Waals surface area contributed by atoms with Crippen molar-refractivity contribution in [2.75, 3.05) is 17.3 Å². The third-order valence-corrected chi connectivity index (χ3v) is 6.16. The molecule has 4 rings (SSSR count). The minimum atomic E-state index is -0.402. The molecule has 1 aromatic heterocycles. The Labute approximate surface area is 180 Å². The highest BCUT2D eigenvalue weighted by Gasteiger charge is 2.37. The number of amides is 1. The zero-order valence-electron chi connectivity index (χ0n) is 17.3. The van der Waals surface area contributed by atoms with Gasteiger partial charge in [-0.05, 0) is 43.7 Å². The minimum Gasteiger partial charge on any atom is -0.494 e. The molecule has 2 aromatic carbocycles. The van der Waals surface area contributed by atoms with Crippen LogP contribution in [0.15, 0.2) is 53.7 Å². The number of hydrogen-bond acceptors (Lipinski definition) is 6. The van der Waals surface area contributed by atoms with Crippen molar-refractivity contribution in [3.05, 3.63) is 65.5 Å². The lowest BCUT2D eigenvalue weighted by Crippen LogP contribution is -2.41. The molecule has 2 heterocycles. The summed E-state index contributed by atoms with van der Waals surface area (Å²) >= 11 is 1.43. The monoisotopic (exact) mass is 423 g/mol. The Bertz CT molecular complexity index is 1020. The Hall–Kier alpha value is -3.00. The number of ether oxygens (including phenoxy) is 1. The average molecular weight is 424 g/mol. The Balaban J connectivity index is 1.60. The molecule has 156 valence electrons. The van der Waals surface area contributed by atoms with E-state index in [1.165, 1.54) is 17.3 Å². The Morgan fingerprint density at radius 1 is 1.13 bits per heavy atom. The van der Waals surface area contributed by atoms with Crippen LogP contribution in [-0.4, -0.2) is 32.6 Å². The van der Waals surface area contributed by atoms with Gasteiger partial charge in [0, 0.05) is 12.1 Å². The molecule has 0 aliphatic carbocycles. The minimum absolute atomic E-state index is 0.0884. The highest BCUT2D eigenvalue weighted by Crippen LogP contribution is 2.37. The summed E-state index contributed by atoms with van der Waals surface area (Å²) in [5, 5.41) is 11.8. The molecule has 1 aliphatic rings. The van der Waals surface area contributed by atoms with Crippen LogP contribution in [0.2, 0.25) is 0 Å². The number of anilines is 1. The first kappa shape index (κ1) is 20.3. The number of carbonyl (C=O) groups excluding carboxylic acids is 1.